The molecule has 1 aliphatic heterocycles. The average Bonchev–Trinajstić information content (AvgIpc) is 2.95. The number of nitrogens with zero attached hydrogens (tertiary/aromatic N) is 2. The average molecular weight is 489 g/mol. The van der Waals surface area contributed by atoms with Crippen LogP contribution in [-0.2, 0) is 18.8 Å². The zero-order valence-electron chi connectivity index (χ0n) is 22.2. The maximum absolute atomic E-state index is 12.7. The van der Waals surface area contributed by atoms with Gasteiger partial charge in [0.05, 0.1) is 11.2 Å². The minimum absolute atomic E-state index is 0.0240. The van der Waals surface area contributed by atoms with Crippen LogP contribution in [0.1, 0.15) is 81.1 Å². The molecule has 2 aliphatic rings. The van der Waals surface area contributed by atoms with Gasteiger partial charge in [0.15, 0.2) is 0 Å². The summed E-state index contributed by atoms with van der Waals surface area (Å²) < 4.78 is 17.4. The van der Waals surface area contributed by atoms with E-state index in [1.54, 1.807) is 40.1 Å². The molecule has 3 N–H and O–H groups in total. The monoisotopic (exact) mass is 489 g/mol. The minimum atomic E-state index is -0.720. The first-order valence-electron chi connectivity index (χ1n) is 12.4. The first-order valence-corrected chi connectivity index (χ1v) is 12.4. The van der Waals surface area contributed by atoms with E-state index in [9.17, 15) is 9.59 Å². The smallest absolute Gasteiger partial charge is 0.444 e. The second-order valence-corrected chi connectivity index (χ2v) is 11.4. The molecule has 11 heteroatoms. The number of ether oxygens (including phenoxy) is 1. The van der Waals surface area contributed by atoms with E-state index in [2.05, 4.69) is 25.9 Å². The normalized spacial score (nSPS) is 24.4. The van der Waals surface area contributed by atoms with E-state index < -0.39 is 36.1 Å². The third kappa shape index (κ3) is 7.07. The Balaban J connectivity index is 1.57. The van der Waals surface area contributed by atoms with Crippen molar-refractivity contribution in [1.82, 2.24) is 20.6 Å². The number of aromatic nitrogens is 2. The van der Waals surface area contributed by atoms with Crippen molar-refractivity contribution in [2.45, 2.75) is 116 Å². The van der Waals surface area contributed by atoms with Crippen molar-refractivity contribution in [1.29, 1.82) is 0 Å². The number of rotatable bonds is 6. The molecule has 0 aromatic carbocycles. The van der Waals surface area contributed by atoms with Crippen molar-refractivity contribution in [3.8, 4) is 0 Å². The van der Waals surface area contributed by atoms with E-state index >= 15 is 0 Å². The Morgan fingerprint density at radius 1 is 1.06 bits per heavy atom. The Morgan fingerprint density at radius 2 is 1.60 bits per heavy atom. The van der Waals surface area contributed by atoms with Crippen LogP contribution >= 0.6 is 0 Å². The van der Waals surface area contributed by atoms with Gasteiger partial charge in [-0.05, 0) is 68.2 Å². The third-order valence-corrected chi connectivity index (χ3v) is 6.73. The molecule has 2 fully saturated rings. The Bertz CT molecular complexity index is 887. The van der Waals surface area contributed by atoms with Gasteiger partial charge in [0, 0.05) is 29.9 Å². The molecule has 3 rings (SSSR count). The van der Waals surface area contributed by atoms with Gasteiger partial charge in [0.25, 0.3) is 0 Å². The molecule has 1 saturated heterocycles. The summed E-state index contributed by atoms with van der Waals surface area (Å²) in [5.74, 6) is 0.225. The molecular weight excluding hydrogens is 449 g/mol. The maximum atomic E-state index is 12.7. The van der Waals surface area contributed by atoms with Crippen molar-refractivity contribution >= 4 is 30.5 Å². The van der Waals surface area contributed by atoms with E-state index in [-0.39, 0.29) is 18.0 Å². The molecule has 0 unspecified atom stereocenters. The summed E-state index contributed by atoms with van der Waals surface area (Å²) in [5.41, 5.74) is -0.740. The molecule has 2 amide bonds. The number of anilines is 1. The van der Waals surface area contributed by atoms with Crippen molar-refractivity contribution in [3.05, 3.63) is 12.4 Å². The van der Waals surface area contributed by atoms with Crippen LogP contribution < -0.4 is 21.4 Å². The summed E-state index contributed by atoms with van der Waals surface area (Å²) in [5, 5.41) is 9.02. The van der Waals surface area contributed by atoms with E-state index in [1.165, 1.54) is 0 Å². The Hall–Kier alpha value is -2.40. The lowest BCUT2D eigenvalue weighted by atomic mass is 9.81. The van der Waals surface area contributed by atoms with Crippen LogP contribution in [0.2, 0.25) is 0 Å². The number of carbonyl (C=O) groups is 2. The standard InChI is InChI=1S/C24H40BN5O5/c1-15(28-21(32)33-22(2,3)4)19(31)29-17-11-9-10-12-18(17)30-20-26-13-16(14-27-20)25-34-23(5,6)24(7,8)35-25/h13-15,17-18H,9-12H2,1-8H3,(H,28,32)(H,29,31)(H,26,27,30)/t15-,17-,18+/m1/s1. The SMILES string of the molecule is C[C@@H](NC(=O)OC(C)(C)C)C(=O)N[C@@H]1CCCC[C@@H]1Nc1ncc(B2OC(C)(C)C(C)(C)O2)cn1. The van der Waals surface area contributed by atoms with Gasteiger partial charge >= 0.3 is 13.2 Å². The van der Waals surface area contributed by atoms with Crippen LogP contribution in [0.15, 0.2) is 12.4 Å². The van der Waals surface area contributed by atoms with Gasteiger partial charge in [0.1, 0.15) is 11.6 Å². The highest BCUT2D eigenvalue weighted by Gasteiger charge is 2.52. The quantitative estimate of drug-likeness (QED) is 0.521. The van der Waals surface area contributed by atoms with Crippen LogP contribution in [0, 0.1) is 0 Å². The fourth-order valence-electron chi connectivity index (χ4n) is 4.01. The summed E-state index contributed by atoms with van der Waals surface area (Å²) in [6.45, 7) is 15.0. The second kappa shape index (κ2) is 10.3. The molecule has 0 radical (unpaired) electrons. The lowest BCUT2D eigenvalue weighted by Crippen LogP contribution is -2.54. The molecule has 10 nitrogen and oxygen atoms in total. The van der Waals surface area contributed by atoms with Crippen LogP contribution in [0.3, 0.4) is 0 Å². The largest absolute Gasteiger partial charge is 0.498 e. The Labute approximate surface area is 208 Å². The van der Waals surface area contributed by atoms with E-state index in [0.29, 0.717) is 5.95 Å². The number of carbonyl (C=O) groups excluding carboxylic acids is 2. The van der Waals surface area contributed by atoms with Crippen molar-refractivity contribution < 1.29 is 23.6 Å². The minimum Gasteiger partial charge on any atom is -0.444 e. The fraction of sp³-hybridized carbons (Fsp3) is 0.750. The molecule has 35 heavy (non-hydrogen) atoms. The number of hydrogen-bond acceptors (Lipinski definition) is 8. The van der Waals surface area contributed by atoms with Gasteiger partial charge in [-0.3, -0.25) is 4.79 Å². The van der Waals surface area contributed by atoms with Crippen LogP contribution in [0.25, 0.3) is 0 Å². The first-order chi connectivity index (χ1) is 16.2. The molecular formula is C24H40BN5O5. The lowest BCUT2D eigenvalue weighted by Gasteiger charge is -2.33. The highest BCUT2D eigenvalue weighted by atomic mass is 16.7. The maximum Gasteiger partial charge on any atom is 0.498 e. The second-order valence-electron chi connectivity index (χ2n) is 11.4. The van der Waals surface area contributed by atoms with Crippen LogP contribution in [-0.4, -0.2) is 64.0 Å². The zero-order valence-corrected chi connectivity index (χ0v) is 22.2. The topological polar surface area (TPSA) is 124 Å². The van der Waals surface area contributed by atoms with E-state index in [1.807, 2.05) is 27.7 Å². The fourth-order valence-corrected chi connectivity index (χ4v) is 4.01. The van der Waals surface area contributed by atoms with E-state index in [4.69, 9.17) is 14.0 Å². The molecule has 2 heterocycles. The van der Waals surface area contributed by atoms with Crippen LogP contribution in [0.4, 0.5) is 10.7 Å². The summed E-state index contributed by atoms with van der Waals surface area (Å²) >= 11 is 0. The molecule has 194 valence electrons. The number of alkyl carbamates (subject to hydrolysis) is 1. The predicted octanol–water partition coefficient (Wildman–Crippen LogP) is 2.53. The molecule has 0 bridgehead atoms. The molecule has 3 atom stereocenters. The van der Waals surface area contributed by atoms with Crippen molar-refractivity contribution in [2.75, 3.05) is 5.32 Å². The number of amides is 2. The first kappa shape index (κ1) is 27.2. The highest BCUT2D eigenvalue weighted by Crippen LogP contribution is 2.36. The van der Waals surface area contributed by atoms with Gasteiger partial charge in [0.2, 0.25) is 11.9 Å². The molecule has 0 spiro atoms. The van der Waals surface area contributed by atoms with Gasteiger partial charge in [-0.25, -0.2) is 14.8 Å². The number of nitrogens with one attached hydrogen (secondary N) is 3. The van der Waals surface area contributed by atoms with Gasteiger partial charge < -0.3 is 30.0 Å². The summed E-state index contributed by atoms with van der Waals surface area (Å²) in [6.07, 6.45) is 6.56. The lowest BCUT2D eigenvalue weighted by molar-refractivity contribution is -0.123. The highest BCUT2D eigenvalue weighted by molar-refractivity contribution is 6.61. The summed E-state index contributed by atoms with van der Waals surface area (Å²) in [6, 6.07) is -0.850. The predicted molar refractivity (Wildman–Crippen MR) is 134 cm³/mol. The summed E-state index contributed by atoms with van der Waals surface area (Å²) in [7, 11) is -0.519. The Morgan fingerprint density at radius 3 is 2.14 bits per heavy atom. The molecule has 1 aromatic heterocycles. The molecule has 1 aromatic rings. The van der Waals surface area contributed by atoms with Gasteiger partial charge in [-0.15, -0.1) is 0 Å². The van der Waals surface area contributed by atoms with Crippen molar-refractivity contribution in [3.63, 3.8) is 0 Å². The third-order valence-electron chi connectivity index (χ3n) is 6.73. The summed E-state index contributed by atoms with van der Waals surface area (Å²) in [4.78, 5) is 33.7. The van der Waals surface area contributed by atoms with E-state index in [0.717, 1.165) is 31.1 Å². The molecule has 1 aliphatic carbocycles. The number of hydrogen-bond donors (Lipinski definition) is 3. The van der Waals surface area contributed by atoms with Gasteiger partial charge in [-0.2, -0.15) is 0 Å². The van der Waals surface area contributed by atoms with Crippen LogP contribution in [0.5, 0.6) is 0 Å². The van der Waals surface area contributed by atoms with Gasteiger partial charge in [-0.1, -0.05) is 12.8 Å². The van der Waals surface area contributed by atoms with Crippen molar-refractivity contribution in [2.24, 2.45) is 0 Å². The zero-order chi connectivity index (χ0) is 26.0. The Kier molecular flexibility index (Phi) is 8.01. The molecule has 1 saturated carbocycles.